The molecule has 2 aromatic heterocycles. The normalized spacial score (nSPS) is 19.2. The van der Waals surface area contributed by atoms with Crippen molar-refractivity contribution in [3.63, 3.8) is 0 Å². The van der Waals surface area contributed by atoms with Crippen LogP contribution in [-0.4, -0.2) is 29.9 Å². The van der Waals surface area contributed by atoms with Crippen LogP contribution in [0.25, 0.3) is 0 Å². The Bertz CT molecular complexity index is 999. The topological polar surface area (TPSA) is 93.1 Å². The molecule has 0 spiro atoms. The number of pyridine rings is 1. The summed E-state index contributed by atoms with van der Waals surface area (Å²) in [7, 11) is -2.26. The molecule has 2 aromatic rings. The Labute approximate surface area is 153 Å². The molecule has 1 aliphatic rings. The van der Waals surface area contributed by atoms with E-state index in [0.717, 1.165) is 12.3 Å². The van der Waals surface area contributed by atoms with Gasteiger partial charge in [-0.2, -0.15) is 13.2 Å². The molecule has 0 radical (unpaired) electrons. The third kappa shape index (κ3) is 3.83. The second-order valence-electron chi connectivity index (χ2n) is 6.37. The zero-order valence-electron chi connectivity index (χ0n) is 14.5. The Morgan fingerprint density at radius 3 is 2.78 bits per heavy atom. The summed E-state index contributed by atoms with van der Waals surface area (Å²) < 4.78 is 67.1. The van der Waals surface area contributed by atoms with Crippen molar-refractivity contribution in [3.8, 4) is 0 Å². The molecule has 0 bridgehead atoms. The highest BCUT2D eigenvalue weighted by Crippen LogP contribution is 2.30. The van der Waals surface area contributed by atoms with Gasteiger partial charge >= 0.3 is 6.18 Å². The van der Waals surface area contributed by atoms with Gasteiger partial charge in [0.05, 0.1) is 0 Å². The summed E-state index contributed by atoms with van der Waals surface area (Å²) in [6.07, 6.45) is -1.53. The van der Waals surface area contributed by atoms with E-state index in [1.54, 1.807) is 6.92 Å². The predicted octanol–water partition coefficient (Wildman–Crippen LogP) is 2.30. The first-order valence-corrected chi connectivity index (χ1v) is 9.52. The molecule has 7 nitrogen and oxygen atoms in total. The van der Waals surface area contributed by atoms with Gasteiger partial charge in [0.2, 0.25) is 10.0 Å². The van der Waals surface area contributed by atoms with Crippen molar-refractivity contribution < 1.29 is 26.4 Å². The van der Waals surface area contributed by atoms with E-state index in [4.69, 9.17) is 0 Å². The van der Waals surface area contributed by atoms with Gasteiger partial charge in [0.25, 0.3) is 5.91 Å². The number of aromatic nitrogens is 2. The molecule has 1 aliphatic heterocycles. The van der Waals surface area contributed by atoms with Gasteiger partial charge in [-0.05, 0) is 31.9 Å². The molecule has 3 rings (SSSR count). The smallest absolute Gasteiger partial charge is 0.345 e. The molecule has 0 aromatic carbocycles. The van der Waals surface area contributed by atoms with Gasteiger partial charge in [-0.15, -0.1) is 0 Å². The largest absolute Gasteiger partial charge is 0.433 e. The number of hydrogen-bond donors (Lipinski definition) is 2. The van der Waals surface area contributed by atoms with Crippen molar-refractivity contribution in [1.29, 1.82) is 0 Å². The van der Waals surface area contributed by atoms with Crippen molar-refractivity contribution in [2.24, 2.45) is 7.05 Å². The first-order valence-electron chi connectivity index (χ1n) is 8.04. The summed E-state index contributed by atoms with van der Waals surface area (Å²) in [5.74, 6) is -0.692. The van der Waals surface area contributed by atoms with E-state index in [2.05, 4.69) is 15.0 Å². The molecule has 0 saturated heterocycles. The number of amides is 1. The average Bonchev–Trinajstić information content (AvgIpc) is 2.84. The lowest BCUT2D eigenvalue weighted by Gasteiger charge is -2.11. The average molecular weight is 402 g/mol. The Morgan fingerprint density at radius 2 is 2.11 bits per heavy atom. The fourth-order valence-electron chi connectivity index (χ4n) is 3.02. The van der Waals surface area contributed by atoms with Crippen LogP contribution < -0.4 is 10.0 Å². The lowest BCUT2D eigenvalue weighted by atomic mass is 10.1. The standard InChI is InChI=1S/C16H17F3N4O3S/c1-9-3-4-11-12(27(25,26)22-9)8-23(2)14(11)15(24)21-10-5-6-20-13(7-10)16(17,18)19/h5-9,22H,3-4H2,1-2H3,(H,20,21,24). The Balaban J connectivity index is 1.97. The molecule has 1 amide bonds. The highest BCUT2D eigenvalue weighted by atomic mass is 32.2. The van der Waals surface area contributed by atoms with E-state index in [1.165, 1.54) is 23.9 Å². The van der Waals surface area contributed by atoms with Crippen LogP contribution in [0.15, 0.2) is 29.4 Å². The van der Waals surface area contributed by atoms with Crippen molar-refractivity contribution >= 4 is 21.6 Å². The van der Waals surface area contributed by atoms with Crippen LogP contribution in [0, 0.1) is 0 Å². The third-order valence-corrected chi connectivity index (χ3v) is 5.89. The maximum Gasteiger partial charge on any atom is 0.433 e. The molecule has 0 fully saturated rings. The number of nitrogens with zero attached hydrogens (tertiary/aromatic N) is 2. The van der Waals surface area contributed by atoms with E-state index in [0.29, 0.717) is 18.4 Å². The first-order chi connectivity index (χ1) is 12.5. The maximum atomic E-state index is 12.8. The van der Waals surface area contributed by atoms with Gasteiger partial charge in [-0.3, -0.25) is 9.78 Å². The van der Waals surface area contributed by atoms with Crippen LogP contribution in [0.1, 0.15) is 35.1 Å². The second kappa shape index (κ2) is 6.64. The fraction of sp³-hybridized carbons (Fsp3) is 0.375. The minimum Gasteiger partial charge on any atom is -0.345 e. The summed E-state index contributed by atoms with van der Waals surface area (Å²) >= 11 is 0. The van der Waals surface area contributed by atoms with Crippen molar-refractivity contribution in [2.45, 2.75) is 36.9 Å². The molecule has 146 valence electrons. The van der Waals surface area contributed by atoms with Crippen LogP contribution in [0.4, 0.5) is 18.9 Å². The maximum absolute atomic E-state index is 12.8. The molecule has 1 atom stereocenters. The number of alkyl halides is 3. The van der Waals surface area contributed by atoms with Gasteiger partial charge < -0.3 is 9.88 Å². The molecule has 1 unspecified atom stereocenters. The molecular formula is C16H17F3N4O3S. The number of carbonyl (C=O) groups is 1. The molecule has 3 heterocycles. The number of nitrogens with one attached hydrogen (secondary N) is 2. The van der Waals surface area contributed by atoms with E-state index < -0.39 is 27.8 Å². The van der Waals surface area contributed by atoms with Crippen LogP contribution in [-0.2, 0) is 29.7 Å². The van der Waals surface area contributed by atoms with E-state index in [1.807, 2.05) is 0 Å². The highest BCUT2D eigenvalue weighted by molar-refractivity contribution is 7.89. The quantitative estimate of drug-likeness (QED) is 0.806. The SMILES string of the molecule is CC1CCc2c(cn(C)c2C(=O)Nc2ccnc(C(F)(F)F)c2)S(=O)(=O)N1. The number of rotatable bonds is 2. The first kappa shape index (κ1) is 19.4. The van der Waals surface area contributed by atoms with Gasteiger partial charge in [-0.1, -0.05) is 0 Å². The van der Waals surface area contributed by atoms with Gasteiger partial charge in [0.1, 0.15) is 16.3 Å². The second-order valence-corrected chi connectivity index (χ2v) is 8.06. The zero-order valence-corrected chi connectivity index (χ0v) is 15.3. The molecule has 27 heavy (non-hydrogen) atoms. The fourth-order valence-corrected chi connectivity index (χ4v) is 4.61. The van der Waals surface area contributed by atoms with Crippen LogP contribution >= 0.6 is 0 Å². The van der Waals surface area contributed by atoms with Crippen molar-refractivity contribution in [3.05, 3.63) is 41.5 Å². The minimum atomic E-state index is -4.64. The predicted molar refractivity (Wildman–Crippen MR) is 90.7 cm³/mol. The lowest BCUT2D eigenvalue weighted by molar-refractivity contribution is -0.141. The molecule has 0 aliphatic carbocycles. The lowest BCUT2D eigenvalue weighted by Crippen LogP contribution is -2.30. The Hall–Kier alpha value is -2.40. The van der Waals surface area contributed by atoms with E-state index in [-0.39, 0.29) is 22.3 Å². The van der Waals surface area contributed by atoms with Crippen LogP contribution in [0.3, 0.4) is 0 Å². The van der Waals surface area contributed by atoms with Crippen LogP contribution in [0.5, 0.6) is 0 Å². The number of hydrogen-bond acceptors (Lipinski definition) is 4. The summed E-state index contributed by atoms with van der Waals surface area (Å²) in [5.41, 5.74) is -0.779. The molecule has 2 N–H and O–H groups in total. The zero-order chi connectivity index (χ0) is 20.0. The van der Waals surface area contributed by atoms with Gasteiger partial charge in [-0.25, -0.2) is 13.1 Å². The highest BCUT2D eigenvalue weighted by Gasteiger charge is 2.34. The van der Waals surface area contributed by atoms with Crippen molar-refractivity contribution in [2.75, 3.05) is 5.32 Å². The monoisotopic (exact) mass is 402 g/mol. The van der Waals surface area contributed by atoms with Crippen molar-refractivity contribution in [1.82, 2.24) is 14.3 Å². The number of halogens is 3. The number of carbonyl (C=O) groups excluding carboxylic acids is 1. The van der Waals surface area contributed by atoms with E-state index in [9.17, 15) is 26.4 Å². The number of aryl methyl sites for hydroxylation is 1. The third-order valence-electron chi connectivity index (χ3n) is 4.24. The Morgan fingerprint density at radius 1 is 1.41 bits per heavy atom. The van der Waals surface area contributed by atoms with Gasteiger partial charge in [0.15, 0.2) is 0 Å². The number of sulfonamides is 1. The Kier molecular flexibility index (Phi) is 4.76. The summed E-state index contributed by atoms with van der Waals surface area (Å²) in [4.78, 5) is 15.9. The molecule has 11 heteroatoms. The molecule has 0 saturated carbocycles. The summed E-state index contributed by atoms with van der Waals surface area (Å²) in [5, 5.41) is 2.39. The minimum absolute atomic E-state index is 0.00482. The summed E-state index contributed by atoms with van der Waals surface area (Å²) in [6, 6.07) is 1.66. The van der Waals surface area contributed by atoms with Crippen LogP contribution in [0.2, 0.25) is 0 Å². The van der Waals surface area contributed by atoms with E-state index >= 15 is 0 Å². The van der Waals surface area contributed by atoms with Gasteiger partial charge in [0, 0.05) is 36.7 Å². The summed E-state index contributed by atoms with van der Waals surface area (Å²) in [6.45, 7) is 1.72. The number of fused-ring (bicyclic) bond motifs is 1. The number of anilines is 1. The molecular weight excluding hydrogens is 385 g/mol.